The van der Waals surface area contributed by atoms with Crippen molar-refractivity contribution in [3.05, 3.63) is 47.2 Å². The van der Waals surface area contributed by atoms with E-state index in [1.165, 1.54) is 16.7 Å². The lowest BCUT2D eigenvalue weighted by Crippen LogP contribution is -2.48. The van der Waals surface area contributed by atoms with Crippen LogP contribution in [0.2, 0.25) is 0 Å². The van der Waals surface area contributed by atoms with Crippen LogP contribution in [0.15, 0.2) is 30.5 Å². The Balaban J connectivity index is 0.936. The molecule has 68 heavy (non-hydrogen) atoms. The minimum absolute atomic E-state index is 0.0899. The Morgan fingerprint density at radius 1 is 0.794 bits per heavy atom. The largest absolute Gasteiger partial charge is 0.481 e. The van der Waals surface area contributed by atoms with Crippen LogP contribution in [0, 0.1) is 6.92 Å². The number of anilines is 2. The SMILES string of the molecule is CCCCCNc1nc(N)nc2ccn(Cc3ccc(CN4CCN(C(=O)CCOCCOCCOCCOCCOCCOCCNC(=O)C(CC(=O)O)SC[C@H](N)C(=O)O)CC4)cc3C)c12. The molecule has 0 spiro atoms. The number of carbonyl (C=O) groups excluding carboxylic acids is 2. The van der Waals surface area contributed by atoms with Crippen molar-refractivity contribution >= 4 is 58.3 Å². The van der Waals surface area contributed by atoms with Crippen LogP contribution in [0.25, 0.3) is 11.0 Å². The van der Waals surface area contributed by atoms with Gasteiger partial charge in [0.1, 0.15) is 11.6 Å². The van der Waals surface area contributed by atoms with E-state index in [1.807, 2.05) is 17.2 Å². The number of rotatable bonds is 37. The van der Waals surface area contributed by atoms with Crippen molar-refractivity contribution < 1.29 is 57.8 Å². The molecule has 1 aliphatic rings. The summed E-state index contributed by atoms with van der Waals surface area (Å²) in [6, 6.07) is 7.48. The molecule has 1 fully saturated rings. The normalized spacial score (nSPS) is 14.0. The van der Waals surface area contributed by atoms with Crippen molar-refractivity contribution in [2.45, 2.75) is 70.3 Å². The molecule has 4 rings (SSSR count). The maximum absolute atomic E-state index is 12.9. The number of unbranched alkanes of at least 4 members (excludes halogenated alkanes) is 2. The molecule has 2 amide bonds. The van der Waals surface area contributed by atoms with Crippen molar-refractivity contribution in [3.63, 3.8) is 0 Å². The lowest BCUT2D eigenvalue weighted by molar-refractivity contribution is -0.138. The van der Waals surface area contributed by atoms with Gasteiger partial charge in [-0.25, -0.2) is 4.98 Å². The van der Waals surface area contributed by atoms with Gasteiger partial charge in [0.2, 0.25) is 17.8 Å². The number of ether oxygens (including phenoxy) is 6. The molecule has 2 aromatic heterocycles. The minimum Gasteiger partial charge on any atom is -0.481 e. The van der Waals surface area contributed by atoms with Gasteiger partial charge in [-0.05, 0) is 36.1 Å². The van der Waals surface area contributed by atoms with E-state index in [9.17, 15) is 19.2 Å². The number of nitrogens with zero attached hydrogens (tertiary/aromatic N) is 5. The van der Waals surface area contributed by atoms with Gasteiger partial charge in [0, 0.05) is 64.3 Å². The summed E-state index contributed by atoms with van der Waals surface area (Å²) in [5.74, 6) is -1.86. The second kappa shape index (κ2) is 32.2. The molecule has 380 valence electrons. The summed E-state index contributed by atoms with van der Waals surface area (Å²) in [6.07, 6.45) is 5.32. The highest BCUT2D eigenvalue weighted by atomic mass is 32.2. The number of benzene rings is 1. The second-order valence-corrected chi connectivity index (χ2v) is 17.5. The number of carboxylic acids is 2. The summed E-state index contributed by atoms with van der Waals surface area (Å²) in [5.41, 5.74) is 17.0. The number of carboxylic acid groups (broad SMARTS) is 2. The first-order chi connectivity index (χ1) is 32.9. The highest BCUT2D eigenvalue weighted by Crippen LogP contribution is 2.25. The summed E-state index contributed by atoms with van der Waals surface area (Å²) < 4.78 is 35.3. The Morgan fingerprint density at radius 2 is 1.41 bits per heavy atom. The molecular formula is C46H73N9O12S. The van der Waals surface area contributed by atoms with E-state index in [0.717, 1.165) is 74.1 Å². The number of carbonyl (C=O) groups is 4. The summed E-state index contributed by atoms with van der Waals surface area (Å²) in [6.45, 7) is 14.3. The second-order valence-electron chi connectivity index (χ2n) is 16.2. The maximum Gasteiger partial charge on any atom is 0.321 e. The highest BCUT2D eigenvalue weighted by molar-refractivity contribution is 8.00. The van der Waals surface area contributed by atoms with E-state index in [-0.39, 0.29) is 30.8 Å². The van der Waals surface area contributed by atoms with Gasteiger partial charge in [-0.1, -0.05) is 38.0 Å². The molecule has 0 aliphatic carbocycles. The number of thioether (sulfide) groups is 1. The van der Waals surface area contributed by atoms with Gasteiger partial charge >= 0.3 is 11.9 Å². The Bertz CT molecular complexity index is 1970. The number of nitrogens with two attached hydrogens (primary N) is 2. The van der Waals surface area contributed by atoms with Gasteiger partial charge < -0.3 is 70.2 Å². The van der Waals surface area contributed by atoms with Crippen molar-refractivity contribution in [2.75, 3.05) is 135 Å². The topological polar surface area (TPSA) is 277 Å². The van der Waals surface area contributed by atoms with Crippen LogP contribution in [-0.2, 0) is 60.7 Å². The molecule has 1 unspecified atom stereocenters. The number of nitrogen functional groups attached to an aromatic ring is 1. The van der Waals surface area contributed by atoms with Gasteiger partial charge in [0.05, 0.1) is 103 Å². The van der Waals surface area contributed by atoms with Gasteiger partial charge in [-0.3, -0.25) is 24.1 Å². The zero-order chi connectivity index (χ0) is 48.9. The smallest absolute Gasteiger partial charge is 0.321 e. The maximum atomic E-state index is 12.9. The van der Waals surface area contributed by atoms with Gasteiger partial charge in [-0.15, -0.1) is 11.8 Å². The molecule has 0 saturated carbocycles. The summed E-state index contributed by atoms with van der Waals surface area (Å²) >= 11 is 0.889. The van der Waals surface area contributed by atoms with Crippen LogP contribution in [0.3, 0.4) is 0 Å². The standard InChI is InChI=1S/C46H73N9O12S/c1-3-4-5-10-49-43-42-38(51-46(48)52-43)8-12-55(42)32-36-7-6-35(29-34(36)2)31-53-13-15-54(16-14-53)40(56)9-17-62-19-21-64-23-25-66-27-28-67-26-24-65-22-20-63-18-11-50-44(59)39(30-41(57)58)68-33-37(47)45(60)61/h6-8,12,29,37,39H,3-5,9-11,13-28,30-33,47H2,1-2H3,(H,50,59)(H,57,58)(H,60,61)(H3,48,49,51,52)/t37-,39?/m0/s1. The molecule has 22 heteroatoms. The van der Waals surface area contributed by atoms with E-state index >= 15 is 0 Å². The first kappa shape index (κ1) is 55.9. The van der Waals surface area contributed by atoms with Crippen LogP contribution in [-0.4, -0.2) is 194 Å². The highest BCUT2D eigenvalue weighted by Gasteiger charge is 2.25. The Kier molecular flexibility index (Phi) is 26.5. The van der Waals surface area contributed by atoms with E-state index in [0.29, 0.717) is 98.7 Å². The Hall–Kier alpha value is -4.65. The Labute approximate surface area is 403 Å². The molecule has 3 aromatic rings. The number of aryl methyl sites for hydroxylation is 1. The number of piperazine rings is 1. The minimum atomic E-state index is -1.22. The molecule has 3 heterocycles. The number of aliphatic carboxylic acids is 2. The van der Waals surface area contributed by atoms with Gasteiger partial charge in [-0.2, -0.15) is 4.98 Å². The van der Waals surface area contributed by atoms with Gasteiger partial charge in [0.25, 0.3) is 0 Å². The zero-order valence-electron chi connectivity index (χ0n) is 39.7. The predicted molar refractivity (Wildman–Crippen MR) is 259 cm³/mol. The monoisotopic (exact) mass is 976 g/mol. The van der Waals surface area contributed by atoms with Crippen molar-refractivity contribution in [3.8, 4) is 0 Å². The molecule has 21 nitrogen and oxygen atoms in total. The average molecular weight is 976 g/mol. The Morgan fingerprint density at radius 3 is 2.00 bits per heavy atom. The van der Waals surface area contributed by atoms with Crippen LogP contribution in [0.1, 0.15) is 55.7 Å². The molecular weight excluding hydrogens is 903 g/mol. The first-order valence-electron chi connectivity index (χ1n) is 23.5. The molecule has 0 bridgehead atoms. The molecule has 2 atom stereocenters. The van der Waals surface area contributed by atoms with E-state index < -0.39 is 35.6 Å². The van der Waals surface area contributed by atoms with E-state index in [1.54, 1.807) is 0 Å². The third-order valence-electron chi connectivity index (χ3n) is 10.9. The molecule has 1 aliphatic heterocycles. The van der Waals surface area contributed by atoms with E-state index in [4.69, 9.17) is 50.1 Å². The zero-order valence-corrected chi connectivity index (χ0v) is 40.5. The number of hydrogen-bond acceptors (Lipinski definition) is 17. The summed E-state index contributed by atoms with van der Waals surface area (Å²) in [7, 11) is 0. The fourth-order valence-corrected chi connectivity index (χ4v) is 8.23. The van der Waals surface area contributed by atoms with Crippen molar-refractivity contribution in [1.82, 2.24) is 29.7 Å². The lowest BCUT2D eigenvalue weighted by Gasteiger charge is -2.35. The van der Waals surface area contributed by atoms with Crippen molar-refractivity contribution in [2.24, 2.45) is 5.73 Å². The number of aromatic nitrogens is 3. The first-order valence-corrected chi connectivity index (χ1v) is 24.5. The summed E-state index contributed by atoms with van der Waals surface area (Å²) in [4.78, 5) is 60.4. The van der Waals surface area contributed by atoms with Crippen LogP contribution >= 0.6 is 11.8 Å². The van der Waals surface area contributed by atoms with Crippen LogP contribution < -0.4 is 22.1 Å². The lowest BCUT2D eigenvalue weighted by atomic mass is 10.0. The molecule has 0 radical (unpaired) electrons. The van der Waals surface area contributed by atoms with Crippen LogP contribution in [0.5, 0.6) is 0 Å². The number of nitrogens with one attached hydrogen (secondary N) is 2. The fraction of sp³-hybridized carbons (Fsp3) is 0.652. The number of amides is 2. The molecule has 1 aromatic carbocycles. The van der Waals surface area contributed by atoms with Crippen LogP contribution in [0.4, 0.5) is 11.8 Å². The average Bonchev–Trinajstić information content (AvgIpc) is 3.72. The van der Waals surface area contributed by atoms with E-state index in [2.05, 4.69) is 62.1 Å². The number of fused-ring (bicyclic) bond motifs is 1. The quantitative estimate of drug-likeness (QED) is 0.0452. The molecule has 8 N–H and O–H groups in total. The third kappa shape index (κ3) is 21.3. The van der Waals surface area contributed by atoms with Crippen molar-refractivity contribution in [1.29, 1.82) is 0 Å². The predicted octanol–water partition coefficient (Wildman–Crippen LogP) is 2.21. The third-order valence-corrected chi connectivity index (χ3v) is 12.2. The summed E-state index contributed by atoms with van der Waals surface area (Å²) in [5, 5.41) is 23.0. The van der Waals surface area contributed by atoms with Gasteiger partial charge in [0.15, 0.2) is 5.82 Å². The molecule has 1 saturated heterocycles. The number of hydrogen-bond donors (Lipinski definition) is 6. The fourth-order valence-electron chi connectivity index (χ4n) is 7.15.